The largest absolute Gasteiger partial charge is 0.376 e. The van der Waals surface area contributed by atoms with E-state index < -0.39 is 4.92 Å². The van der Waals surface area contributed by atoms with Crippen LogP contribution in [0.2, 0.25) is 0 Å². The number of hydrogen-bond acceptors (Lipinski definition) is 4. The fourth-order valence-electron chi connectivity index (χ4n) is 2.16. The lowest BCUT2D eigenvalue weighted by Crippen LogP contribution is -2.33. The van der Waals surface area contributed by atoms with Crippen LogP contribution in [0.1, 0.15) is 18.4 Å². The maximum atomic E-state index is 11.9. The van der Waals surface area contributed by atoms with Gasteiger partial charge in [0.15, 0.2) is 0 Å². The van der Waals surface area contributed by atoms with E-state index in [1.165, 1.54) is 12.1 Å². The number of anilines is 1. The molecule has 1 N–H and O–H groups in total. The second-order valence-electron chi connectivity index (χ2n) is 4.70. The van der Waals surface area contributed by atoms with Gasteiger partial charge in [0.2, 0.25) is 5.91 Å². The van der Waals surface area contributed by atoms with E-state index in [1.54, 1.807) is 6.07 Å². The SMILES string of the molecule is Cc1ccc([N+](=O)[O-])cc1NCC(=O)N1CCCC1. The molecule has 1 aliphatic rings. The first-order valence-electron chi connectivity index (χ1n) is 6.34. The highest BCUT2D eigenvalue weighted by Crippen LogP contribution is 2.21. The Morgan fingerprint density at radius 3 is 2.74 bits per heavy atom. The van der Waals surface area contributed by atoms with Crippen LogP contribution in [0.4, 0.5) is 11.4 Å². The highest BCUT2D eigenvalue weighted by molar-refractivity contribution is 5.81. The molecule has 102 valence electrons. The van der Waals surface area contributed by atoms with Gasteiger partial charge in [-0.3, -0.25) is 14.9 Å². The average molecular weight is 263 g/mol. The predicted molar refractivity (Wildman–Crippen MR) is 72.1 cm³/mol. The van der Waals surface area contributed by atoms with Crippen molar-refractivity contribution in [1.82, 2.24) is 4.90 Å². The van der Waals surface area contributed by atoms with E-state index in [1.807, 2.05) is 11.8 Å². The van der Waals surface area contributed by atoms with Gasteiger partial charge in [0.1, 0.15) is 0 Å². The molecule has 0 bridgehead atoms. The van der Waals surface area contributed by atoms with Crippen molar-refractivity contribution in [3.8, 4) is 0 Å². The monoisotopic (exact) mass is 263 g/mol. The van der Waals surface area contributed by atoms with E-state index in [4.69, 9.17) is 0 Å². The molecule has 6 nitrogen and oxygen atoms in total. The number of carbonyl (C=O) groups is 1. The van der Waals surface area contributed by atoms with Crippen molar-refractivity contribution in [2.75, 3.05) is 25.0 Å². The summed E-state index contributed by atoms with van der Waals surface area (Å²) in [6, 6.07) is 4.61. The van der Waals surface area contributed by atoms with Crippen LogP contribution >= 0.6 is 0 Å². The van der Waals surface area contributed by atoms with Gasteiger partial charge in [0.05, 0.1) is 11.5 Å². The van der Waals surface area contributed by atoms with Gasteiger partial charge in [0, 0.05) is 30.9 Å². The molecular formula is C13H17N3O3. The summed E-state index contributed by atoms with van der Waals surface area (Å²) in [5.74, 6) is 0.0448. The van der Waals surface area contributed by atoms with E-state index >= 15 is 0 Å². The highest BCUT2D eigenvalue weighted by atomic mass is 16.6. The number of nitrogens with one attached hydrogen (secondary N) is 1. The van der Waals surface area contributed by atoms with Gasteiger partial charge < -0.3 is 10.2 Å². The number of nitrogens with zero attached hydrogens (tertiary/aromatic N) is 2. The standard InChI is InChI=1S/C13H17N3O3/c1-10-4-5-11(16(18)19)8-12(10)14-9-13(17)15-6-2-3-7-15/h4-5,8,14H,2-3,6-7,9H2,1H3. The number of carbonyl (C=O) groups excluding carboxylic acids is 1. The summed E-state index contributed by atoms with van der Waals surface area (Å²) in [7, 11) is 0. The third-order valence-corrected chi connectivity index (χ3v) is 3.32. The molecular weight excluding hydrogens is 246 g/mol. The molecule has 1 heterocycles. The summed E-state index contributed by atoms with van der Waals surface area (Å²) < 4.78 is 0. The van der Waals surface area contributed by atoms with Gasteiger partial charge in [-0.25, -0.2) is 0 Å². The van der Waals surface area contributed by atoms with Crippen molar-refractivity contribution in [3.05, 3.63) is 33.9 Å². The summed E-state index contributed by atoms with van der Waals surface area (Å²) in [5.41, 5.74) is 1.56. The van der Waals surface area contributed by atoms with Crippen LogP contribution in [0, 0.1) is 17.0 Å². The molecule has 2 rings (SSSR count). The van der Waals surface area contributed by atoms with Gasteiger partial charge >= 0.3 is 0 Å². The Labute approximate surface area is 111 Å². The number of non-ortho nitro benzene ring substituents is 1. The minimum Gasteiger partial charge on any atom is -0.376 e. The van der Waals surface area contributed by atoms with Crippen molar-refractivity contribution in [2.24, 2.45) is 0 Å². The van der Waals surface area contributed by atoms with Crippen molar-refractivity contribution in [3.63, 3.8) is 0 Å². The lowest BCUT2D eigenvalue weighted by atomic mass is 10.2. The van der Waals surface area contributed by atoms with Crippen LogP contribution in [0.5, 0.6) is 0 Å². The van der Waals surface area contributed by atoms with Crippen LogP contribution < -0.4 is 5.32 Å². The molecule has 0 unspecified atom stereocenters. The van der Waals surface area contributed by atoms with E-state index in [2.05, 4.69) is 5.32 Å². The smallest absolute Gasteiger partial charge is 0.271 e. The molecule has 1 aliphatic heterocycles. The molecule has 0 spiro atoms. The third kappa shape index (κ3) is 3.21. The van der Waals surface area contributed by atoms with Crippen molar-refractivity contribution in [2.45, 2.75) is 19.8 Å². The van der Waals surface area contributed by atoms with Crippen molar-refractivity contribution < 1.29 is 9.72 Å². The topological polar surface area (TPSA) is 75.5 Å². The van der Waals surface area contributed by atoms with E-state index in [0.717, 1.165) is 31.5 Å². The van der Waals surface area contributed by atoms with Crippen molar-refractivity contribution in [1.29, 1.82) is 0 Å². The molecule has 0 saturated carbocycles. The normalized spacial score (nSPS) is 14.5. The van der Waals surface area contributed by atoms with Gasteiger partial charge in [-0.05, 0) is 25.3 Å². The van der Waals surface area contributed by atoms with Crippen LogP contribution in [-0.4, -0.2) is 35.4 Å². The molecule has 1 fully saturated rings. The number of nitro groups is 1. The predicted octanol–water partition coefficient (Wildman–Crippen LogP) is 1.94. The number of amides is 1. The van der Waals surface area contributed by atoms with Crippen LogP contribution in [-0.2, 0) is 4.79 Å². The Kier molecular flexibility index (Phi) is 3.99. The van der Waals surface area contributed by atoms with Crippen LogP contribution in [0.15, 0.2) is 18.2 Å². The summed E-state index contributed by atoms with van der Waals surface area (Å²) in [6.07, 6.45) is 2.11. The van der Waals surface area contributed by atoms with Crippen LogP contribution in [0.3, 0.4) is 0 Å². The summed E-state index contributed by atoms with van der Waals surface area (Å²) in [6.45, 7) is 3.66. The first-order chi connectivity index (χ1) is 9.08. The molecule has 19 heavy (non-hydrogen) atoms. The van der Waals surface area contributed by atoms with Gasteiger partial charge in [-0.2, -0.15) is 0 Å². The number of likely N-dealkylation sites (tertiary alicyclic amines) is 1. The number of benzene rings is 1. The maximum Gasteiger partial charge on any atom is 0.271 e. The minimum absolute atomic E-state index is 0.0294. The van der Waals surface area contributed by atoms with Crippen molar-refractivity contribution >= 4 is 17.3 Å². The fourth-order valence-corrected chi connectivity index (χ4v) is 2.16. The minimum atomic E-state index is -0.438. The Morgan fingerprint density at radius 1 is 1.42 bits per heavy atom. The summed E-state index contributed by atoms with van der Waals surface area (Å²) in [5, 5.41) is 13.7. The zero-order chi connectivity index (χ0) is 13.8. The number of aryl methyl sites for hydroxylation is 1. The Bertz CT molecular complexity index is 496. The third-order valence-electron chi connectivity index (χ3n) is 3.32. The van der Waals surface area contributed by atoms with E-state index in [-0.39, 0.29) is 18.1 Å². The van der Waals surface area contributed by atoms with Gasteiger partial charge in [0.25, 0.3) is 5.69 Å². The van der Waals surface area contributed by atoms with E-state index in [0.29, 0.717) is 5.69 Å². The Hall–Kier alpha value is -2.11. The molecule has 1 aromatic rings. The average Bonchev–Trinajstić information content (AvgIpc) is 2.91. The lowest BCUT2D eigenvalue weighted by molar-refractivity contribution is -0.384. The maximum absolute atomic E-state index is 11.9. The summed E-state index contributed by atoms with van der Waals surface area (Å²) in [4.78, 5) is 24.0. The molecule has 0 aromatic heterocycles. The van der Waals surface area contributed by atoms with Gasteiger partial charge in [-0.15, -0.1) is 0 Å². The lowest BCUT2D eigenvalue weighted by Gasteiger charge is -2.16. The second-order valence-corrected chi connectivity index (χ2v) is 4.70. The number of rotatable bonds is 4. The van der Waals surface area contributed by atoms with E-state index in [9.17, 15) is 14.9 Å². The summed E-state index contributed by atoms with van der Waals surface area (Å²) >= 11 is 0. The molecule has 1 saturated heterocycles. The molecule has 6 heteroatoms. The Balaban J connectivity index is 2.00. The molecule has 0 radical (unpaired) electrons. The van der Waals surface area contributed by atoms with Crippen LogP contribution in [0.25, 0.3) is 0 Å². The zero-order valence-electron chi connectivity index (χ0n) is 10.9. The Morgan fingerprint density at radius 2 is 2.11 bits per heavy atom. The number of hydrogen-bond donors (Lipinski definition) is 1. The highest BCUT2D eigenvalue weighted by Gasteiger charge is 2.17. The molecule has 1 amide bonds. The fraction of sp³-hybridized carbons (Fsp3) is 0.462. The molecule has 0 aliphatic carbocycles. The van der Waals surface area contributed by atoms with Gasteiger partial charge in [-0.1, -0.05) is 6.07 Å². The molecule has 0 atom stereocenters. The zero-order valence-corrected chi connectivity index (χ0v) is 10.9. The second kappa shape index (κ2) is 5.69. The molecule has 1 aromatic carbocycles. The first-order valence-corrected chi connectivity index (χ1v) is 6.34. The quantitative estimate of drug-likeness (QED) is 0.665. The number of nitro benzene ring substituents is 1. The first kappa shape index (κ1) is 13.3.